The molecule has 0 bridgehead atoms. The third-order valence-electron chi connectivity index (χ3n) is 1.42. The van der Waals surface area contributed by atoms with Crippen molar-refractivity contribution in [3.05, 3.63) is 18.2 Å². The smallest absolute Gasteiger partial charge is 0.175 e. The number of aromatic nitrogens is 2. The van der Waals surface area contributed by atoms with Gasteiger partial charge in [-0.3, -0.25) is 5.41 Å². The highest BCUT2D eigenvalue weighted by Crippen LogP contribution is 1.97. The summed E-state index contributed by atoms with van der Waals surface area (Å²) in [5.74, 6) is 0.593. The van der Waals surface area contributed by atoms with Crippen molar-refractivity contribution >= 4 is 5.84 Å². The number of amidine groups is 1. The van der Waals surface area contributed by atoms with E-state index < -0.39 is 0 Å². The summed E-state index contributed by atoms with van der Waals surface area (Å²) in [7, 11) is 0. The number of nitrogens with two attached hydrogens (primary N) is 1. The first-order valence-electron chi connectivity index (χ1n) is 3.61. The molecule has 0 aliphatic carbocycles. The monoisotopic (exact) mass is 152 g/mol. The van der Waals surface area contributed by atoms with Gasteiger partial charge in [-0.2, -0.15) is 0 Å². The summed E-state index contributed by atoms with van der Waals surface area (Å²) in [6.07, 6.45) is 4.52. The first kappa shape index (κ1) is 7.78. The van der Waals surface area contributed by atoms with Gasteiger partial charge < -0.3 is 10.3 Å². The highest BCUT2D eigenvalue weighted by atomic mass is 15.1. The number of imidazole rings is 1. The molecule has 1 heterocycles. The van der Waals surface area contributed by atoms with Crippen LogP contribution in [0.25, 0.3) is 0 Å². The van der Waals surface area contributed by atoms with Crippen LogP contribution in [0, 0.1) is 5.41 Å². The van der Waals surface area contributed by atoms with Crippen LogP contribution < -0.4 is 5.73 Å². The van der Waals surface area contributed by atoms with Crippen molar-refractivity contribution in [3.63, 3.8) is 0 Å². The van der Waals surface area contributed by atoms with Gasteiger partial charge in [-0.1, -0.05) is 6.92 Å². The Hall–Kier alpha value is -1.32. The van der Waals surface area contributed by atoms with E-state index in [1.807, 2.05) is 10.8 Å². The Morgan fingerprint density at radius 1 is 1.82 bits per heavy atom. The fourth-order valence-corrected chi connectivity index (χ4v) is 0.975. The zero-order valence-electron chi connectivity index (χ0n) is 6.54. The van der Waals surface area contributed by atoms with E-state index in [1.165, 1.54) is 0 Å². The van der Waals surface area contributed by atoms with E-state index in [0.717, 1.165) is 13.0 Å². The zero-order chi connectivity index (χ0) is 8.27. The Morgan fingerprint density at radius 2 is 2.55 bits per heavy atom. The van der Waals surface area contributed by atoms with Crippen LogP contribution >= 0.6 is 0 Å². The number of hydrogen-bond acceptors (Lipinski definition) is 2. The highest BCUT2D eigenvalue weighted by molar-refractivity contribution is 5.91. The second kappa shape index (κ2) is 3.18. The molecule has 4 heteroatoms. The van der Waals surface area contributed by atoms with E-state index in [2.05, 4.69) is 11.9 Å². The zero-order valence-corrected chi connectivity index (χ0v) is 6.54. The lowest BCUT2D eigenvalue weighted by atomic mass is 10.4. The van der Waals surface area contributed by atoms with Crippen molar-refractivity contribution in [2.45, 2.75) is 19.9 Å². The van der Waals surface area contributed by atoms with Crippen LogP contribution in [0.15, 0.2) is 12.4 Å². The molecule has 0 unspecified atom stereocenters. The third kappa shape index (κ3) is 1.58. The van der Waals surface area contributed by atoms with Gasteiger partial charge in [0.05, 0.1) is 0 Å². The van der Waals surface area contributed by atoms with Crippen LogP contribution in [0.1, 0.15) is 19.2 Å². The summed E-state index contributed by atoms with van der Waals surface area (Å²) in [6.45, 7) is 2.94. The van der Waals surface area contributed by atoms with Gasteiger partial charge in [0.1, 0.15) is 0 Å². The maximum absolute atomic E-state index is 7.17. The Labute approximate surface area is 65.6 Å². The molecule has 0 radical (unpaired) electrons. The minimum absolute atomic E-state index is 0.0310. The SMILES string of the molecule is CCCn1ccnc1C(=N)N. The third-order valence-corrected chi connectivity index (χ3v) is 1.42. The summed E-state index contributed by atoms with van der Waals surface area (Å²) < 4.78 is 1.88. The average Bonchev–Trinajstić information content (AvgIpc) is 2.36. The largest absolute Gasteiger partial charge is 0.381 e. The van der Waals surface area contributed by atoms with Crippen molar-refractivity contribution in [3.8, 4) is 0 Å². The lowest BCUT2D eigenvalue weighted by Gasteiger charge is -2.02. The van der Waals surface area contributed by atoms with Gasteiger partial charge in [0.2, 0.25) is 0 Å². The maximum Gasteiger partial charge on any atom is 0.175 e. The summed E-state index contributed by atoms with van der Waals surface area (Å²) in [5.41, 5.74) is 5.29. The molecule has 11 heavy (non-hydrogen) atoms. The van der Waals surface area contributed by atoms with Crippen molar-refractivity contribution in [1.82, 2.24) is 9.55 Å². The van der Waals surface area contributed by atoms with Gasteiger partial charge in [-0.15, -0.1) is 0 Å². The molecule has 0 aliphatic heterocycles. The quantitative estimate of drug-likeness (QED) is 0.491. The molecule has 0 saturated heterocycles. The van der Waals surface area contributed by atoms with Crippen molar-refractivity contribution in [2.24, 2.45) is 5.73 Å². The predicted octanol–water partition coefficient (Wildman–Crippen LogP) is 0.577. The Morgan fingerprint density at radius 3 is 3.09 bits per heavy atom. The van der Waals surface area contributed by atoms with Crippen molar-refractivity contribution in [2.75, 3.05) is 0 Å². The Kier molecular flexibility index (Phi) is 2.25. The number of nitrogens with one attached hydrogen (secondary N) is 1. The van der Waals surface area contributed by atoms with Crippen LogP contribution in [-0.2, 0) is 6.54 Å². The van der Waals surface area contributed by atoms with E-state index in [4.69, 9.17) is 11.1 Å². The summed E-state index contributed by atoms with van der Waals surface area (Å²) in [4.78, 5) is 3.95. The van der Waals surface area contributed by atoms with E-state index >= 15 is 0 Å². The molecule has 4 nitrogen and oxygen atoms in total. The minimum atomic E-state index is 0.0310. The lowest BCUT2D eigenvalue weighted by molar-refractivity contribution is 0.671. The Balaban J connectivity index is 2.87. The Bertz CT molecular complexity index is 251. The van der Waals surface area contributed by atoms with Crippen LogP contribution in [0.4, 0.5) is 0 Å². The number of nitrogen functional groups attached to an aromatic ring is 1. The molecule has 60 valence electrons. The average molecular weight is 152 g/mol. The van der Waals surface area contributed by atoms with Gasteiger partial charge in [-0.25, -0.2) is 4.98 Å². The molecule has 0 aromatic carbocycles. The number of rotatable bonds is 3. The highest BCUT2D eigenvalue weighted by Gasteiger charge is 2.02. The van der Waals surface area contributed by atoms with Crippen molar-refractivity contribution in [1.29, 1.82) is 5.41 Å². The van der Waals surface area contributed by atoms with Crippen molar-refractivity contribution < 1.29 is 0 Å². The number of hydrogen-bond donors (Lipinski definition) is 2. The van der Waals surface area contributed by atoms with Crippen LogP contribution in [-0.4, -0.2) is 15.4 Å². The van der Waals surface area contributed by atoms with E-state index in [0.29, 0.717) is 5.82 Å². The topological polar surface area (TPSA) is 67.7 Å². The molecule has 1 aromatic heterocycles. The molecule has 1 rings (SSSR count). The summed E-state index contributed by atoms with van der Waals surface area (Å²) in [6, 6.07) is 0. The molecular formula is C7H12N4. The lowest BCUT2D eigenvalue weighted by Crippen LogP contribution is -2.17. The molecule has 0 spiro atoms. The van der Waals surface area contributed by atoms with Gasteiger partial charge in [0, 0.05) is 18.9 Å². The van der Waals surface area contributed by atoms with Gasteiger partial charge in [0.25, 0.3) is 0 Å². The summed E-state index contributed by atoms with van der Waals surface area (Å²) >= 11 is 0. The van der Waals surface area contributed by atoms with E-state index in [1.54, 1.807) is 6.20 Å². The number of nitrogens with zero attached hydrogens (tertiary/aromatic N) is 2. The predicted molar refractivity (Wildman–Crippen MR) is 43.5 cm³/mol. The normalized spacial score (nSPS) is 9.91. The summed E-state index contributed by atoms with van der Waals surface area (Å²) in [5, 5.41) is 7.17. The molecule has 0 saturated carbocycles. The molecule has 0 atom stereocenters. The van der Waals surface area contributed by atoms with E-state index in [-0.39, 0.29) is 5.84 Å². The molecule has 0 aliphatic rings. The van der Waals surface area contributed by atoms with Gasteiger partial charge >= 0.3 is 0 Å². The second-order valence-corrected chi connectivity index (χ2v) is 2.36. The first-order valence-corrected chi connectivity index (χ1v) is 3.61. The molecule has 1 aromatic rings. The molecule has 0 fully saturated rings. The van der Waals surface area contributed by atoms with E-state index in [9.17, 15) is 0 Å². The molecular weight excluding hydrogens is 140 g/mol. The molecule has 3 N–H and O–H groups in total. The van der Waals surface area contributed by atoms with Gasteiger partial charge in [-0.05, 0) is 6.42 Å². The van der Waals surface area contributed by atoms with Crippen LogP contribution in [0.3, 0.4) is 0 Å². The molecule has 0 amide bonds. The standard InChI is InChI=1S/C7H12N4/c1-2-4-11-5-3-10-7(11)6(8)9/h3,5H,2,4H2,1H3,(H3,8,9). The fourth-order valence-electron chi connectivity index (χ4n) is 0.975. The van der Waals surface area contributed by atoms with Gasteiger partial charge in [0.15, 0.2) is 11.7 Å². The fraction of sp³-hybridized carbons (Fsp3) is 0.429. The number of aryl methyl sites for hydroxylation is 1. The first-order chi connectivity index (χ1) is 5.25. The maximum atomic E-state index is 7.17. The minimum Gasteiger partial charge on any atom is -0.381 e. The van der Waals surface area contributed by atoms with Crippen LogP contribution in [0.2, 0.25) is 0 Å². The van der Waals surface area contributed by atoms with Crippen LogP contribution in [0.5, 0.6) is 0 Å². The second-order valence-electron chi connectivity index (χ2n) is 2.36.